The minimum Gasteiger partial charge on any atom is -0.508 e. The molecule has 0 saturated carbocycles. The van der Waals surface area contributed by atoms with Gasteiger partial charge in [0.05, 0.1) is 29.4 Å². The lowest BCUT2D eigenvalue weighted by Crippen LogP contribution is -2.29. The smallest absolute Gasteiger partial charge is 0.300 e. The van der Waals surface area contributed by atoms with Gasteiger partial charge in [0, 0.05) is 5.56 Å². The Bertz CT molecular complexity index is 1250. The van der Waals surface area contributed by atoms with Crippen molar-refractivity contribution in [3.05, 3.63) is 88.5 Å². The maximum Gasteiger partial charge on any atom is 0.300 e. The highest BCUT2D eigenvalue weighted by Crippen LogP contribution is 2.45. The largest absolute Gasteiger partial charge is 0.508 e. The molecule has 1 heterocycles. The predicted molar refractivity (Wildman–Crippen MR) is 119 cm³/mol. The number of nitrogens with zero attached hydrogens (tertiary/aromatic N) is 1. The molecule has 1 aliphatic rings. The molecule has 1 aliphatic heterocycles. The summed E-state index contributed by atoms with van der Waals surface area (Å²) in [7, 11) is 1.42. The number of methoxy groups -OCH3 is 1. The van der Waals surface area contributed by atoms with Crippen molar-refractivity contribution < 1.29 is 29.6 Å². The van der Waals surface area contributed by atoms with E-state index in [1.165, 1.54) is 61.7 Å². The molecule has 4 rings (SSSR count). The lowest BCUT2D eigenvalue weighted by molar-refractivity contribution is -0.132. The molecule has 3 aromatic carbocycles. The Morgan fingerprint density at radius 2 is 1.69 bits per heavy atom. The lowest BCUT2D eigenvalue weighted by Gasteiger charge is -2.26. The molecule has 1 amide bonds. The van der Waals surface area contributed by atoms with Crippen LogP contribution >= 0.6 is 11.6 Å². The Morgan fingerprint density at radius 1 is 1.00 bits per heavy atom. The van der Waals surface area contributed by atoms with Crippen LogP contribution in [0.4, 0.5) is 5.69 Å². The number of para-hydroxylation sites is 2. The SMILES string of the molecule is COc1cc(/C(O)=C2/C(=O)C(=O)N(c3ccccc3O)C2c2ccc(O)cc2)ccc1Cl. The van der Waals surface area contributed by atoms with Crippen molar-refractivity contribution in [3.8, 4) is 17.2 Å². The molecule has 1 atom stereocenters. The summed E-state index contributed by atoms with van der Waals surface area (Å²) in [5.74, 6) is -2.17. The van der Waals surface area contributed by atoms with Crippen molar-refractivity contribution in [1.29, 1.82) is 0 Å². The van der Waals surface area contributed by atoms with Gasteiger partial charge in [0.2, 0.25) is 0 Å². The molecule has 0 aromatic heterocycles. The average molecular weight is 452 g/mol. The number of benzene rings is 3. The number of ketones is 1. The van der Waals surface area contributed by atoms with Crippen LogP contribution in [0.15, 0.2) is 72.3 Å². The van der Waals surface area contributed by atoms with E-state index in [2.05, 4.69) is 0 Å². The van der Waals surface area contributed by atoms with Crippen molar-refractivity contribution in [1.82, 2.24) is 0 Å². The summed E-state index contributed by atoms with van der Waals surface area (Å²) >= 11 is 6.07. The second-order valence-corrected chi connectivity index (χ2v) is 7.51. The number of aliphatic hydroxyl groups excluding tert-OH is 1. The van der Waals surface area contributed by atoms with E-state index in [-0.39, 0.29) is 34.1 Å². The molecular formula is C24H18ClNO6. The zero-order valence-corrected chi connectivity index (χ0v) is 17.6. The number of rotatable bonds is 4. The topological polar surface area (TPSA) is 107 Å². The third kappa shape index (κ3) is 3.52. The van der Waals surface area contributed by atoms with Gasteiger partial charge in [-0.25, -0.2) is 0 Å². The van der Waals surface area contributed by atoms with Gasteiger partial charge in [0.15, 0.2) is 0 Å². The molecule has 32 heavy (non-hydrogen) atoms. The minimum atomic E-state index is -1.05. The fourth-order valence-electron chi connectivity index (χ4n) is 3.68. The van der Waals surface area contributed by atoms with E-state index in [9.17, 15) is 24.9 Å². The predicted octanol–water partition coefficient (Wildman–Crippen LogP) is 4.39. The van der Waals surface area contributed by atoms with Crippen LogP contribution in [0.1, 0.15) is 17.2 Å². The Kier molecular flexibility index (Phi) is 5.50. The Balaban J connectivity index is 1.97. The Hall–Kier alpha value is -3.97. The van der Waals surface area contributed by atoms with E-state index in [0.29, 0.717) is 10.6 Å². The molecule has 0 spiro atoms. The van der Waals surface area contributed by atoms with Gasteiger partial charge in [-0.1, -0.05) is 35.9 Å². The van der Waals surface area contributed by atoms with E-state index in [0.717, 1.165) is 4.90 Å². The van der Waals surface area contributed by atoms with Gasteiger partial charge in [-0.05, 0) is 48.0 Å². The highest BCUT2D eigenvalue weighted by Gasteiger charge is 2.47. The second kappa shape index (κ2) is 8.28. The van der Waals surface area contributed by atoms with Gasteiger partial charge < -0.3 is 20.1 Å². The first kappa shape index (κ1) is 21.3. The summed E-state index contributed by atoms with van der Waals surface area (Å²) in [6, 6.07) is 15.4. The molecule has 7 nitrogen and oxygen atoms in total. The van der Waals surface area contributed by atoms with E-state index >= 15 is 0 Å². The second-order valence-electron chi connectivity index (χ2n) is 7.10. The van der Waals surface area contributed by atoms with Crippen molar-refractivity contribution >= 4 is 34.7 Å². The standard InChI is InChI=1S/C24H18ClNO6/c1-32-19-12-14(8-11-16(19)25)22(29)20-21(13-6-9-15(27)10-7-13)26(24(31)23(20)30)17-4-2-3-5-18(17)28/h2-12,21,27-29H,1H3/b22-20-. The normalized spacial score (nSPS) is 17.6. The van der Waals surface area contributed by atoms with Crippen LogP contribution in [0, 0.1) is 0 Å². The number of Topliss-reactive ketones (excluding diaryl/α,β-unsaturated/α-hetero) is 1. The van der Waals surface area contributed by atoms with Crippen molar-refractivity contribution in [3.63, 3.8) is 0 Å². The van der Waals surface area contributed by atoms with Crippen molar-refractivity contribution in [2.75, 3.05) is 12.0 Å². The molecule has 0 aliphatic carbocycles. The molecule has 3 aromatic rings. The molecule has 3 N–H and O–H groups in total. The zero-order chi connectivity index (χ0) is 23.0. The Labute approximate surface area is 188 Å². The summed E-state index contributed by atoms with van der Waals surface area (Å²) in [5, 5.41) is 31.5. The third-order valence-electron chi connectivity index (χ3n) is 5.22. The van der Waals surface area contributed by atoms with Crippen LogP contribution in [0.3, 0.4) is 0 Å². The number of ether oxygens (including phenoxy) is 1. The molecule has 162 valence electrons. The number of anilines is 1. The minimum absolute atomic E-state index is 0.00398. The number of hydrogen-bond acceptors (Lipinski definition) is 6. The summed E-state index contributed by atoms with van der Waals surface area (Å²) in [6.07, 6.45) is 0. The summed E-state index contributed by atoms with van der Waals surface area (Å²) < 4.78 is 5.19. The first-order valence-electron chi connectivity index (χ1n) is 9.55. The van der Waals surface area contributed by atoms with Gasteiger partial charge in [0.1, 0.15) is 23.0 Å². The maximum atomic E-state index is 13.1. The van der Waals surface area contributed by atoms with Crippen LogP contribution in [0.25, 0.3) is 5.76 Å². The van der Waals surface area contributed by atoms with E-state index < -0.39 is 23.5 Å². The number of aliphatic hydroxyl groups is 1. The molecule has 1 unspecified atom stereocenters. The summed E-state index contributed by atoms with van der Waals surface area (Å²) in [4.78, 5) is 27.3. The average Bonchev–Trinajstić information content (AvgIpc) is 3.05. The zero-order valence-electron chi connectivity index (χ0n) is 16.8. The number of phenolic OH excluding ortho intramolecular Hbond substituents is 2. The van der Waals surface area contributed by atoms with Crippen LogP contribution in [-0.4, -0.2) is 34.1 Å². The van der Waals surface area contributed by atoms with Crippen LogP contribution < -0.4 is 9.64 Å². The van der Waals surface area contributed by atoms with Gasteiger partial charge in [0.25, 0.3) is 11.7 Å². The van der Waals surface area contributed by atoms with Gasteiger partial charge in [-0.15, -0.1) is 0 Å². The van der Waals surface area contributed by atoms with E-state index in [1.807, 2.05) is 0 Å². The lowest BCUT2D eigenvalue weighted by atomic mass is 9.95. The molecule has 8 heteroatoms. The van der Waals surface area contributed by atoms with Gasteiger partial charge >= 0.3 is 0 Å². The van der Waals surface area contributed by atoms with Crippen molar-refractivity contribution in [2.45, 2.75) is 6.04 Å². The molecular weight excluding hydrogens is 434 g/mol. The summed E-state index contributed by atoms with van der Waals surface area (Å²) in [5.41, 5.74) is 0.617. The number of carbonyl (C=O) groups is 2. The Morgan fingerprint density at radius 3 is 2.34 bits per heavy atom. The molecule has 1 saturated heterocycles. The molecule has 0 radical (unpaired) electrons. The number of carbonyl (C=O) groups excluding carboxylic acids is 2. The van der Waals surface area contributed by atoms with Crippen LogP contribution in [-0.2, 0) is 9.59 Å². The fourth-order valence-corrected chi connectivity index (χ4v) is 3.88. The monoisotopic (exact) mass is 451 g/mol. The fraction of sp³-hybridized carbons (Fsp3) is 0.0833. The van der Waals surface area contributed by atoms with Crippen molar-refractivity contribution in [2.24, 2.45) is 0 Å². The van der Waals surface area contributed by atoms with Gasteiger partial charge in [-0.3, -0.25) is 14.5 Å². The quantitative estimate of drug-likeness (QED) is 0.308. The van der Waals surface area contributed by atoms with E-state index in [1.54, 1.807) is 12.1 Å². The van der Waals surface area contributed by atoms with Crippen LogP contribution in [0.2, 0.25) is 5.02 Å². The first-order chi connectivity index (χ1) is 15.3. The number of halogens is 1. The number of phenols is 2. The molecule has 0 bridgehead atoms. The molecule has 1 fully saturated rings. The summed E-state index contributed by atoms with van der Waals surface area (Å²) in [6.45, 7) is 0. The van der Waals surface area contributed by atoms with Crippen LogP contribution in [0.5, 0.6) is 17.2 Å². The third-order valence-corrected chi connectivity index (χ3v) is 5.53. The number of aromatic hydroxyl groups is 2. The number of hydrogen-bond donors (Lipinski definition) is 3. The maximum absolute atomic E-state index is 13.1. The van der Waals surface area contributed by atoms with Gasteiger partial charge in [-0.2, -0.15) is 0 Å². The highest BCUT2D eigenvalue weighted by molar-refractivity contribution is 6.52. The first-order valence-corrected chi connectivity index (χ1v) is 9.93. The van der Waals surface area contributed by atoms with E-state index in [4.69, 9.17) is 16.3 Å². The number of amides is 1. The highest BCUT2D eigenvalue weighted by atomic mass is 35.5.